The molecule has 4 rings (SSSR count). The van der Waals surface area contributed by atoms with Crippen LogP contribution in [0.15, 0.2) is 46.7 Å². The van der Waals surface area contributed by atoms with E-state index >= 15 is 0 Å². The summed E-state index contributed by atoms with van der Waals surface area (Å²) in [5, 5.41) is 1.73. The van der Waals surface area contributed by atoms with Gasteiger partial charge in [0, 0.05) is 45.8 Å². The average Bonchev–Trinajstić information content (AvgIpc) is 3.17. The third-order valence-corrected chi connectivity index (χ3v) is 8.85. The lowest BCUT2D eigenvalue weighted by atomic mass is 10.2. The number of hydrogen-bond donors (Lipinski definition) is 0. The van der Waals surface area contributed by atoms with Crippen LogP contribution in [0.1, 0.15) is 40.9 Å². The van der Waals surface area contributed by atoms with E-state index < -0.39 is 10.0 Å². The Labute approximate surface area is 183 Å². The lowest BCUT2D eigenvalue weighted by Crippen LogP contribution is -2.38. The molecule has 3 heterocycles. The van der Waals surface area contributed by atoms with E-state index in [0.29, 0.717) is 31.1 Å². The molecule has 1 aromatic heterocycles. The number of carbonyl (C=O) groups is 1. The summed E-state index contributed by atoms with van der Waals surface area (Å²) < 4.78 is 27.8. The largest absolute Gasteiger partial charge is 0.337 e. The Hall–Kier alpha value is -1.74. The lowest BCUT2D eigenvalue weighted by molar-refractivity contribution is 0.0762. The summed E-state index contributed by atoms with van der Waals surface area (Å²) in [6, 6.07) is 12.0. The first kappa shape index (κ1) is 21.5. The van der Waals surface area contributed by atoms with Gasteiger partial charge in [0.05, 0.1) is 0 Å². The van der Waals surface area contributed by atoms with E-state index in [1.165, 1.54) is 16.9 Å². The highest BCUT2D eigenvalue weighted by Crippen LogP contribution is 2.28. The van der Waals surface area contributed by atoms with Gasteiger partial charge in [0.2, 0.25) is 10.0 Å². The Morgan fingerprint density at radius 2 is 1.63 bits per heavy atom. The van der Waals surface area contributed by atoms with Gasteiger partial charge < -0.3 is 4.90 Å². The summed E-state index contributed by atoms with van der Waals surface area (Å²) in [6.07, 6.45) is 3.72. The normalized spacial score (nSPS) is 19.5. The van der Waals surface area contributed by atoms with Crippen molar-refractivity contribution in [1.29, 1.82) is 0 Å². The summed E-state index contributed by atoms with van der Waals surface area (Å²) in [7, 11) is -3.61. The number of hydrogen-bond acceptors (Lipinski definition) is 5. The predicted molar refractivity (Wildman–Crippen MR) is 119 cm³/mol. The minimum Gasteiger partial charge on any atom is -0.337 e. The molecule has 0 radical (unpaired) electrons. The van der Waals surface area contributed by atoms with Gasteiger partial charge in [0.1, 0.15) is 9.77 Å². The highest BCUT2D eigenvalue weighted by Gasteiger charge is 2.32. The fourth-order valence-electron chi connectivity index (χ4n) is 4.22. The van der Waals surface area contributed by atoms with E-state index in [0.717, 1.165) is 45.3 Å². The van der Waals surface area contributed by atoms with Crippen molar-refractivity contribution in [3.8, 4) is 0 Å². The van der Waals surface area contributed by atoms with Crippen LogP contribution in [0.25, 0.3) is 0 Å². The highest BCUT2D eigenvalue weighted by molar-refractivity contribution is 7.89. The number of nitrogens with zero attached hydrogens (tertiary/aromatic N) is 3. The van der Waals surface area contributed by atoms with Crippen molar-refractivity contribution >= 4 is 27.3 Å². The van der Waals surface area contributed by atoms with Crippen LogP contribution in [0.2, 0.25) is 0 Å². The Kier molecular flexibility index (Phi) is 6.87. The van der Waals surface area contributed by atoms with Crippen LogP contribution < -0.4 is 0 Å². The lowest BCUT2D eigenvalue weighted by Gasteiger charge is -2.26. The van der Waals surface area contributed by atoms with Gasteiger partial charge in [-0.2, -0.15) is 4.31 Å². The molecule has 0 bridgehead atoms. The number of rotatable bonds is 5. The maximum Gasteiger partial charge on any atom is 0.265 e. The summed E-state index contributed by atoms with van der Waals surface area (Å²) in [5.74, 6) is -0.151. The molecular weight excluding hydrogens is 418 g/mol. The van der Waals surface area contributed by atoms with Crippen molar-refractivity contribution in [3.63, 3.8) is 0 Å². The molecule has 0 unspecified atom stereocenters. The Morgan fingerprint density at radius 1 is 0.867 bits per heavy atom. The second-order valence-corrected chi connectivity index (χ2v) is 10.8. The van der Waals surface area contributed by atoms with Crippen LogP contribution in [0.5, 0.6) is 0 Å². The fourth-order valence-corrected chi connectivity index (χ4v) is 7.10. The van der Waals surface area contributed by atoms with Crippen molar-refractivity contribution < 1.29 is 13.2 Å². The maximum absolute atomic E-state index is 13.3. The minimum absolute atomic E-state index is 0.151. The summed E-state index contributed by atoms with van der Waals surface area (Å²) in [4.78, 5) is 18.0. The molecule has 0 N–H and O–H groups in total. The second-order valence-electron chi connectivity index (χ2n) is 7.99. The molecule has 1 aromatic carbocycles. The molecule has 2 saturated heterocycles. The fraction of sp³-hybridized carbons (Fsp3) is 0.500. The predicted octanol–water partition coefficient (Wildman–Crippen LogP) is 3.27. The molecule has 0 aliphatic carbocycles. The zero-order valence-corrected chi connectivity index (χ0v) is 18.8. The molecule has 162 valence electrons. The third-order valence-electron chi connectivity index (χ3n) is 5.88. The monoisotopic (exact) mass is 447 g/mol. The van der Waals surface area contributed by atoms with Gasteiger partial charge in [0.25, 0.3) is 5.91 Å². The van der Waals surface area contributed by atoms with Crippen LogP contribution >= 0.6 is 11.3 Å². The van der Waals surface area contributed by atoms with E-state index in [4.69, 9.17) is 0 Å². The van der Waals surface area contributed by atoms with Crippen LogP contribution in [0.3, 0.4) is 0 Å². The number of benzene rings is 1. The van der Waals surface area contributed by atoms with Crippen LogP contribution in [-0.4, -0.2) is 67.7 Å². The third kappa shape index (κ3) is 4.77. The molecular formula is C22H29N3O3S2. The molecule has 0 saturated carbocycles. The van der Waals surface area contributed by atoms with Crippen LogP contribution in [0.4, 0.5) is 0 Å². The van der Waals surface area contributed by atoms with Gasteiger partial charge >= 0.3 is 0 Å². The van der Waals surface area contributed by atoms with Crippen molar-refractivity contribution in [2.24, 2.45) is 0 Å². The van der Waals surface area contributed by atoms with Crippen molar-refractivity contribution in [3.05, 3.63) is 52.2 Å². The summed E-state index contributed by atoms with van der Waals surface area (Å²) in [5.41, 5.74) is 1.27. The number of carbonyl (C=O) groups excluding carboxylic acids is 1. The molecule has 30 heavy (non-hydrogen) atoms. The standard InChI is InChI=1S/C22H29N3O3S2/c26-22(21-20(10-17-29-21)30(27,28)25-13-5-2-6-14-25)24-12-7-11-23(15-16-24)18-19-8-3-1-4-9-19/h1,3-4,8-10,17H,2,5-7,11-16,18H2. The molecule has 0 spiro atoms. The SMILES string of the molecule is O=C(c1sccc1S(=O)(=O)N1CCCCC1)N1CCCN(Cc2ccccc2)CC1. The molecule has 1 amide bonds. The zero-order chi connectivity index (χ0) is 21.0. The maximum atomic E-state index is 13.3. The van der Waals surface area contributed by atoms with Gasteiger partial charge in [-0.25, -0.2) is 8.42 Å². The second kappa shape index (κ2) is 9.60. The topological polar surface area (TPSA) is 60.9 Å². The number of thiophene rings is 1. The molecule has 2 fully saturated rings. The number of sulfonamides is 1. The molecule has 2 aliphatic rings. The van der Waals surface area contributed by atoms with Gasteiger partial charge in [-0.05, 0) is 36.3 Å². The smallest absolute Gasteiger partial charge is 0.265 e. The first-order valence-electron chi connectivity index (χ1n) is 10.7. The van der Waals surface area contributed by atoms with Crippen molar-refractivity contribution in [1.82, 2.24) is 14.1 Å². The van der Waals surface area contributed by atoms with E-state index in [9.17, 15) is 13.2 Å². The zero-order valence-electron chi connectivity index (χ0n) is 17.2. The van der Waals surface area contributed by atoms with Gasteiger partial charge in [-0.3, -0.25) is 9.69 Å². The van der Waals surface area contributed by atoms with Gasteiger partial charge in [-0.15, -0.1) is 11.3 Å². The molecule has 2 aromatic rings. The van der Waals surface area contributed by atoms with Crippen LogP contribution in [0, 0.1) is 0 Å². The number of amides is 1. The van der Waals surface area contributed by atoms with E-state index in [-0.39, 0.29) is 10.8 Å². The van der Waals surface area contributed by atoms with Crippen LogP contribution in [-0.2, 0) is 16.6 Å². The van der Waals surface area contributed by atoms with Crippen molar-refractivity contribution in [2.75, 3.05) is 39.3 Å². The molecule has 2 aliphatic heterocycles. The Morgan fingerprint density at radius 3 is 2.40 bits per heavy atom. The van der Waals surface area contributed by atoms with E-state index in [1.807, 2.05) is 23.1 Å². The Bertz CT molecular complexity index is 953. The number of piperidine rings is 1. The summed E-state index contributed by atoms with van der Waals surface area (Å²) >= 11 is 1.24. The average molecular weight is 448 g/mol. The molecule has 6 nitrogen and oxygen atoms in total. The summed E-state index contributed by atoms with van der Waals surface area (Å²) in [6.45, 7) is 4.96. The molecule has 8 heteroatoms. The first-order chi connectivity index (χ1) is 14.6. The van der Waals surface area contributed by atoms with Gasteiger partial charge in [-0.1, -0.05) is 36.8 Å². The quantitative estimate of drug-likeness (QED) is 0.706. The van der Waals surface area contributed by atoms with Crippen molar-refractivity contribution in [2.45, 2.75) is 37.1 Å². The first-order valence-corrected chi connectivity index (χ1v) is 13.0. The highest BCUT2D eigenvalue weighted by atomic mass is 32.2. The van der Waals surface area contributed by atoms with Gasteiger partial charge in [0.15, 0.2) is 0 Å². The Balaban J connectivity index is 1.44. The molecule has 0 atom stereocenters. The minimum atomic E-state index is -3.61. The van der Waals surface area contributed by atoms with E-state index in [2.05, 4.69) is 17.0 Å². The van der Waals surface area contributed by atoms with E-state index in [1.54, 1.807) is 15.8 Å².